The van der Waals surface area contributed by atoms with Gasteiger partial charge in [0.25, 0.3) is 0 Å². The molecule has 0 aliphatic carbocycles. The molecular formula is C14H14Cl2N4S. The van der Waals surface area contributed by atoms with E-state index in [0.717, 1.165) is 27.7 Å². The Morgan fingerprint density at radius 2 is 2.05 bits per heavy atom. The zero-order valence-corrected chi connectivity index (χ0v) is 14.2. The minimum absolute atomic E-state index is 0.0265. The quantitative estimate of drug-likeness (QED) is 0.645. The molecule has 3 aromatic heterocycles. The second-order valence-electron chi connectivity index (χ2n) is 4.96. The molecule has 0 aliphatic rings. The highest BCUT2D eigenvalue weighted by molar-refractivity contribution is 7.09. The van der Waals surface area contributed by atoms with Gasteiger partial charge in [0.1, 0.15) is 16.3 Å². The first-order valence-corrected chi connectivity index (χ1v) is 8.26. The molecule has 0 N–H and O–H groups in total. The standard InChI is InChI=1S/C14H14Cl2N4S/c1-7-6-21-14(18-7)9(3)20-12(8(2)15)19-11-4-10(16)5-17-13(11)20/h4-6,8-9H,1-3H3. The molecule has 0 amide bonds. The number of thiazole rings is 1. The van der Waals surface area contributed by atoms with Gasteiger partial charge in [0.15, 0.2) is 5.65 Å². The third-order valence-corrected chi connectivity index (χ3v) is 4.80. The van der Waals surface area contributed by atoms with Crippen molar-refractivity contribution in [1.29, 1.82) is 0 Å². The topological polar surface area (TPSA) is 43.6 Å². The zero-order valence-electron chi connectivity index (χ0n) is 11.8. The maximum absolute atomic E-state index is 6.30. The van der Waals surface area contributed by atoms with Crippen LogP contribution in [0.25, 0.3) is 11.2 Å². The average molecular weight is 341 g/mol. The number of hydrogen-bond donors (Lipinski definition) is 0. The van der Waals surface area contributed by atoms with Crippen LogP contribution in [0.2, 0.25) is 5.02 Å². The Labute approximate surface area is 136 Å². The van der Waals surface area contributed by atoms with Crippen LogP contribution in [0, 0.1) is 6.92 Å². The van der Waals surface area contributed by atoms with Crippen molar-refractivity contribution in [1.82, 2.24) is 19.5 Å². The van der Waals surface area contributed by atoms with Gasteiger partial charge < -0.3 is 4.57 Å². The van der Waals surface area contributed by atoms with Gasteiger partial charge in [-0.05, 0) is 26.8 Å². The number of imidazole rings is 1. The van der Waals surface area contributed by atoms with Crippen LogP contribution < -0.4 is 0 Å². The summed E-state index contributed by atoms with van der Waals surface area (Å²) in [6.07, 6.45) is 1.63. The Morgan fingerprint density at radius 1 is 1.29 bits per heavy atom. The number of hydrogen-bond acceptors (Lipinski definition) is 4. The van der Waals surface area contributed by atoms with Crippen molar-refractivity contribution in [2.75, 3.05) is 0 Å². The fourth-order valence-corrected chi connectivity index (χ4v) is 3.46. The molecule has 3 aromatic rings. The molecule has 0 bridgehead atoms. The molecule has 7 heteroatoms. The highest BCUT2D eigenvalue weighted by Gasteiger charge is 2.22. The molecule has 4 nitrogen and oxygen atoms in total. The molecule has 110 valence electrons. The summed E-state index contributed by atoms with van der Waals surface area (Å²) in [5, 5.41) is 3.40. The molecule has 0 aliphatic heterocycles. The minimum Gasteiger partial charge on any atom is -0.302 e. The van der Waals surface area contributed by atoms with E-state index >= 15 is 0 Å². The Bertz CT molecular complexity index is 793. The van der Waals surface area contributed by atoms with Gasteiger partial charge in [-0.2, -0.15) is 0 Å². The number of alkyl halides is 1. The lowest BCUT2D eigenvalue weighted by Crippen LogP contribution is -2.11. The van der Waals surface area contributed by atoms with Crippen molar-refractivity contribution in [2.24, 2.45) is 0 Å². The van der Waals surface area contributed by atoms with Crippen molar-refractivity contribution in [2.45, 2.75) is 32.2 Å². The third-order valence-electron chi connectivity index (χ3n) is 3.26. The normalized spacial score (nSPS) is 14.5. The highest BCUT2D eigenvalue weighted by atomic mass is 35.5. The van der Waals surface area contributed by atoms with Crippen LogP contribution in [-0.4, -0.2) is 19.5 Å². The molecule has 0 aromatic carbocycles. The molecule has 2 unspecified atom stereocenters. The summed E-state index contributed by atoms with van der Waals surface area (Å²) < 4.78 is 2.04. The Hall–Kier alpha value is -1.17. The van der Waals surface area contributed by atoms with Crippen molar-refractivity contribution in [3.8, 4) is 0 Å². The lowest BCUT2D eigenvalue weighted by molar-refractivity contribution is 0.609. The van der Waals surface area contributed by atoms with Gasteiger partial charge in [0, 0.05) is 17.3 Å². The first-order chi connectivity index (χ1) is 9.97. The predicted molar refractivity (Wildman–Crippen MR) is 87.5 cm³/mol. The number of nitrogens with zero attached hydrogens (tertiary/aromatic N) is 4. The van der Waals surface area contributed by atoms with Crippen LogP contribution in [0.4, 0.5) is 0 Å². The van der Waals surface area contributed by atoms with Gasteiger partial charge in [0.05, 0.1) is 16.4 Å². The Kier molecular flexibility index (Phi) is 3.90. The molecule has 0 radical (unpaired) electrons. The van der Waals surface area contributed by atoms with Gasteiger partial charge in [-0.3, -0.25) is 0 Å². The summed E-state index contributed by atoms with van der Waals surface area (Å²) in [7, 11) is 0. The molecule has 0 saturated carbocycles. The number of aromatic nitrogens is 4. The van der Waals surface area contributed by atoms with Gasteiger partial charge in [-0.15, -0.1) is 22.9 Å². The molecule has 21 heavy (non-hydrogen) atoms. The van der Waals surface area contributed by atoms with E-state index in [1.165, 1.54) is 0 Å². The lowest BCUT2D eigenvalue weighted by Gasteiger charge is -2.15. The number of halogens is 2. The fraction of sp³-hybridized carbons (Fsp3) is 0.357. The number of pyridine rings is 1. The van der Waals surface area contributed by atoms with Crippen molar-refractivity contribution in [3.63, 3.8) is 0 Å². The minimum atomic E-state index is -0.221. The van der Waals surface area contributed by atoms with Crippen LogP contribution in [0.5, 0.6) is 0 Å². The predicted octanol–water partition coefficient (Wildman–Crippen LogP) is 4.76. The summed E-state index contributed by atoms with van der Waals surface area (Å²) in [6.45, 7) is 5.97. The largest absolute Gasteiger partial charge is 0.302 e. The second kappa shape index (κ2) is 5.55. The Morgan fingerprint density at radius 3 is 2.67 bits per heavy atom. The molecule has 0 saturated heterocycles. The zero-order chi connectivity index (χ0) is 15.1. The van der Waals surface area contributed by atoms with Crippen LogP contribution in [0.1, 0.15) is 41.8 Å². The SMILES string of the molecule is Cc1csc(C(C)n2c(C(C)Cl)nc3cc(Cl)cnc32)n1. The van der Waals surface area contributed by atoms with E-state index in [-0.39, 0.29) is 11.4 Å². The van der Waals surface area contributed by atoms with Crippen LogP contribution in [0.3, 0.4) is 0 Å². The molecule has 2 atom stereocenters. The van der Waals surface area contributed by atoms with Gasteiger partial charge in [0.2, 0.25) is 0 Å². The maximum atomic E-state index is 6.30. The molecule has 3 rings (SSSR count). The fourth-order valence-electron chi connectivity index (χ4n) is 2.31. The van der Waals surface area contributed by atoms with Crippen molar-refractivity contribution < 1.29 is 0 Å². The second-order valence-corrected chi connectivity index (χ2v) is 6.94. The lowest BCUT2D eigenvalue weighted by atomic mass is 10.3. The van der Waals surface area contributed by atoms with E-state index < -0.39 is 0 Å². The Balaban J connectivity index is 2.21. The van der Waals surface area contributed by atoms with E-state index in [1.807, 2.05) is 29.9 Å². The van der Waals surface area contributed by atoms with Crippen molar-refractivity contribution >= 4 is 45.7 Å². The summed E-state index contributed by atoms with van der Waals surface area (Å²) in [5.41, 5.74) is 2.55. The summed E-state index contributed by atoms with van der Waals surface area (Å²) in [6, 6.07) is 1.83. The summed E-state index contributed by atoms with van der Waals surface area (Å²) in [4.78, 5) is 13.6. The summed E-state index contributed by atoms with van der Waals surface area (Å²) >= 11 is 13.9. The van der Waals surface area contributed by atoms with Crippen molar-refractivity contribution in [3.05, 3.63) is 39.2 Å². The maximum Gasteiger partial charge on any atom is 0.160 e. The van der Waals surface area contributed by atoms with E-state index in [9.17, 15) is 0 Å². The molecular weight excluding hydrogens is 327 g/mol. The average Bonchev–Trinajstić information content (AvgIpc) is 3.01. The van der Waals surface area contributed by atoms with Crippen LogP contribution in [-0.2, 0) is 0 Å². The van der Waals surface area contributed by atoms with Crippen LogP contribution >= 0.6 is 34.5 Å². The first kappa shape index (κ1) is 14.8. The van der Waals surface area contributed by atoms with E-state index in [1.54, 1.807) is 17.5 Å². The molecule has 0 spiro atoms. The van der Waals surface area contributed by atoms with Gasteiger partial charge in [-0.25, -0.2) is 15.0 Å². The van der Waals surface area contributed by atoms with E-state index in [2.05, 4.69) is 21.9 Å². The molecule has 3 heterocycles. The van der Waals surface area contributed by atoms with Gasteiger partial charge >= 0.3 is 0 Å². The smallest absolute Gasteiger partial charge is 0.160 e. The molecule has 0 fully saturated rings. The summed E-state index contributed by atoms with van der Waals surface area (Å²) in [5.74, 6) is 0.779. The number of rotatable bonds is 3. The van der Waals surface area contributed by atoms with E-state index in [0.29, 0.717) is 5.02 Å². The monoisotopic (exact) mass is 340 g/mol. The first-order valence-electron chi connectivity index (χ1n) is 6.57. The van der Waals surface area contributed by atoms with Gasteiger partial charge in [-0.1, -0.05) is 11.6 Å². The number of aryl methyl sites for hydroxylation is 1. The van der Waals surface area contributed by atoms with Crippen LogP contribution in [0.15, 0.2) is 17.6 Å². The number of fused-ring (bicyclic) bond motifs is 1. The van der Waals surface area contributed by atoms with E-state index in [4.69, 9.17) is 23.2 Å². The highest BCUT2D eigenvalue weighted by Crippen LogP contribution is 2.31. The third kappa shape index (κ3) is 2.65.